The zero-order chi connectivity index (χ0) is 13.4. The van der Waals surface area contributed by atoms with E-state index in [9.17, 15) is 13.2 Å². The number of nitrogens with zero attached hydrogens (tertiary/aromatic N) is 1. The van der Waals surface area contributed by atoms with Crippen molar-refractivity contribution in [1.82, 2.24) is 10.3 Å². The van der Waals surface area contributed by atoms with E-state index in [-0.39, 0.29) is 6.42 Å². The number of hydrogen-bond donors (Lipinski definition) is 2. The Morgan fingerprint density at radius 1 is 1.28 bits per heavy atom. The number of pyridine rings is 1. The lowest BCUT2D eigenvalue weighted by Crippen LogP contribution is -2.16. The van der Waals surface area contributed by atoms with Gasteiger partial charge in [-0.15, -0.1) is 0 Å². The van der Waals surface area contributed by atoms with Crippen molar-refractivity contribution in [2.45, 2.75) is 38.5 Å². The van der Waals surface area contributed by atoms with Crippen molar-refractivity contribution in [3.63, 3.8) is 0 Å². The summed E-state index contributed by atoms with van der Waals surface area (Å²) in [5.41, 5.74) is 7.32. The number of unbranched alkanes of at least 4 members (excludes halogenated alkanes) is 1. The fraction of sp³-hybridized carbons (Fsp3) is 0.583. The monoisotopic (exact) mass is 261 g/mol. The minimum atomic E-state index is -4.04. The number of rotatable bonds is 7. The highest BCUT2D eigenvalue weighted by molar-refractivity contribution is 5.15. The third-order valence-electron chi connectivity index (χ3n) is 2.48. The highest BCUT2D eigenvalue weighted by atomic mass is 19.4. The highest BCUT2D eigenvalue weighted by Crippen LogP contribution is 2.21. The molecule has 0 bridgehead atoms. The van der Waals surface area contributed by atoms with E-state index in [0.29, 0.717) is 26.1 Å². The minimum absolute atomic E-state index is 0.168. The summed E-state index contributed by atoms with van der Waals surface area (Å²) in [6, 6.07) is 3.75. The lowest BCUT2D eigenvalue weighted by atomic mass is 10.2. The Morgan fingerprint density at radius 3 is 2.72 bits per heavy atom. The fourth-order valence-electron chi connectivity index (χ4n) is 1.56. The molecule has 0 saturated heterocycles. The van der Waals surface area contributed by atoms with Crippen LogP contribution in [-0.2, 0) is 13.1 Å². The summed E-state index contributed by atoms with van der Waals surface area (Å²) in [5, 5.41) is 3.10. The van der Waals surface area contributed by atoms with Crippen LogP contribution in [0.4, 0.5) is 13.2 Å². The van der Waals surface area contributed by atoms with Gasteiger partial charge in [-0.25, -0.2) is 0 Å². The molecule has 1 aromatic rings. The van der Waals surface area contributed by atoms with Crippen molar-refractivity contribution >= 4 is 0 Å². The first-order valence-electron chi connectivity index (χ1n) is 5.92. The van der Waals surface area contributed by atoms with Gasteiger partial charge in [-0.3, -0.25) is 4.98 Å². The molecule has 0 radical (unpaired) electrons. The van der Waals surface area contributed by atoms with Gasteiger partial charge >= 0.3 is 6.18 Å². The first-order valence-corrected chi connectivity index (χ1v) is 5.92. The van der Waals surface area contributed by atoms with Crippen LogP contribution in [-0.4, -0.2) is 17.7 Å². The summed E-state index contributed by atoms with van der Waals surface area (Å²) in [6.07, 6.45) is -2.37. The highest BCUT2D eigenvalue weighted by Gasteiger charge is 2.25. The molecule has 102 valence electrons. The van der Waals surface area contributed by atoms with E-state index in [0.717, 1.165) is 11.3 Å². The Kier molecular flexibility index (Phi) is 6.07. The van der Waals surface area contributed by atoms with Crippen LogP contribution in [0.5, 0.6) is 0 Å². The van der Waals surface area contributed by atoms with Crippen molar-refractivity contribution in [2.75, 3.05) is 6.54 Å². The van der Waals surface area contributed by atoms with Crippen molar-refractivity contribution in [2.24, 2.45) is 5.73 Å². The van der Waals surface area contributed by atoms with Gasteiger partial charge in [0, 0.05) is 25.7 Å². The standard InChI is InChI=1S/C12H18F3N3/c13-12(14,15)4-1-2-5-17-9-10-3-6-18-11(7-10)8-16/h3,6-7,17H,1-2,4-5,8-9,16H2. The largest absolute Gasteiger partial charge is 0.389 e. The Morgan fingerprint density at radius 2 is 2.06 bits per heavy atom. The number of alkyl halides is 3. The Bertz CT molecular complexity index is 353. The Hall–Kier alpha value is -1.14. The van der Waals surface area contributed by atoms with E-state index in [1.54, 1.807) is 6.20 Å². The quantitative estimate of drug-likeness (QED) is 0.741. The van der Waals surface area contributed by atoms with E-state index in [2.05, 4.69) is 10.3 Å². The van der Waals surface area contributed by atoms with Crippen LogP contribution in [0, 0.1) is 0 Å². The number of aromatic nitrogens is 1. The molecule has 1 rings (SSSR count). The Balaban J connectivity index is 2.14. The molecule has 0 atom stereocenters. The zero-order valence-electron chi connectivity index (χ0n) is 10.1. The second-order valence-corrected chi connectivity index (χ2v) is 4.11. The normalized spacial score (nSPS) is 11.8. The van der Waals surface area contributed by atoms with Crippen LogP contribution in [0.3, 0.4) is 0 Å². The molecule has 0 aromatic carbocycles. The van der Waals surface area contributed by atoms with Gasteiger partial charge in [-0.2, -0.15) is 13.2 Å². The van der Waals surface area contributed by atoms with Gasteiger partial charge in [-0.05, 0) is 37.1 Å². The summed E-state index contributed by atoms with van der Waals surface area (Å²) in [6.45, 7) is 1.59. The third-order valence-corrected chi connectivity index (χ3v) is 2.48. The summed E-state index contributed by atoms with van der Waals surface area (Å²) < 4.78 is 35.6. The van der Waals surface area contributed by atoms with Gasteiger partial charge in [0.2, 0.25) is 0 Å². The molecular weight excluding hydrogens is 243 g/mol. The van der Waals surface area contributed by atoms with Crippen LogP contribution in [0.15, 0.2) is 18.3 Å². The number of nitrogens with one attached hydrogen (secondary N) is 1. The van der Waals surface area contributed by atoms with Gasteiger partial charge < -0.3 is 11.1 Å². The van der Waals surface area contributed by atoms with Gasteiger partial charge in [0.15, 0.2) is 0 Å². The molecule has 0 aliphatic rings. The third kappa shape index (κ3) is 6.56. The molecule has 18 heavy (non-hydrogen) atoms. The predicted octanol–water partition coefficient (Wildman–Crippen LogP) is 2.36. The molecule has 0 spiro atoms. The van der Waals surface area contributed by atoms with Crippen LogP contribution in [0.1, 0.15) is 30.5 Å². The van der Waals surface area contributed by atoms with Gasteiger partial charge in [0.1, 0.15) is 0 Å². The SMILES string of the molecule is NCc1cc(CNCCCCC(F)(F)F)ccn1. The maximum Gasteiger partial charge on any atom is 0.389 e. The van der Waals surface area contributed by atoms with Gasteiger partial charge in [0.05, 0.1) is 5.69 Å². The molecule has 0 amide bonds. The van der Waals surface area contributed by atoms with Crippen molar-refractivity contribution in [3.8, 4) is 0 Å². The fourth-order valence-corrected chi connectivity index (χ4v) is 1.56. The maximum atomic E-state index is 11.9. The van der Waals surface area contributed by atoms with E-state index >= 15 is 0 Å². The van der Waals surface area contributed by atoms with Crippen molar-refractivity contribution in [1.29, 1.82) is 0 Å². The van der Waals surface area contributed by atoms with Crippen molar-refractivity contribution < 1.29 is 13.2 Å². The molecule has 0 aliphatic heterocycles. The van der Waals surface area contributed by atoms with Crippen LogP contribution >= 0.6 is 0 Å². The topological polar surface area (TPSA) is 50.9 Å². The summed E-state index contributed by atoms with van der Waals surface area (Å²) in [4.78, 5) is 4.06. The van der Waals surface area contributed by atoms with Crippen LogP contribution in [0.2, 0.25) is 0 Å². The number of halogens is 3. The lowest BCUT2D eigenvalue weighted by Gasteiger charge is -2.07. The van der Waals surface area contributed by atoms with E-state index in [4.69, 9.17) is 5.73 Å². The molecule has 3 nitrogen and oxygen atoms in total. The summed E-state index contributed by atoms with van der Waals surface area (Å²) >= 11 is 0. The molecule has 0 fully saturated rings. The molecule has 1 heterocycles. The smallest absolute Gasteiger partial charge is 0.325 e. The van der Waals surface area contributed by atoms with Crippen LogP contribution < -0.4 is 11.1 Å². The first kappa shape index (κ1) is 14.9. The molecule has 3 N–H and O–H groups in total. The maximum absolute atomic E-state index is 11.9. The molecule has 1 aromatic heterocycles. The zero-order valence-corrected chi connectivity index (χ0v) is 10.1. The van der Waals surface area contributed by atoms with E-state index < -0.39 is 12.6 Å². The number of hydrogen-bond acceptors (Lipinski definition) is 3. The average Bonchev–Trinajstić information content (AvgIpc) is 2.32. The minimum Gasteiger partial charge on any atom is -0.325 e. The summed E-state index contributed by atoms with van der Waals surface area (Å²) in [7, 11) is 0. The van der Waals surface area contributed by atoms with E-state index in [1.165, 1.54) is 0 Å². The second kappa shape index (κ2) is 7.33. The van der Waals surface area contributed by atoms with Crippen molar-refractivity contribution in [3.05, 3.63) is 29.6 Å². The van der Waals surface area contributed by atoms with Gasteiger partial charge in [0.25, 0.3) is 0 Å². The predicted molar refractivity (Wildman–Crippen MR) is 63.7 cm³/mol. The number of nitrogens with two attached hydrogens (primary N) is 1. The van der Waals surface area contributed by atoms with E-state index in [1.807, 2.05) is 12.1 Å². The first-order chi connectivity index (χ1) is 8.51. The average molecular weight is 261 g/mol. The molecule has 6 heteroatoms. The Labute approximate surface area is 105 Å². The second-order valence-electron chi connectivity index (χ2n) is 4.11. The van der Waals surface area contributed by atoms with Gasteiger partial charge in [-0.1, -0.05) is 0 Å². The van der Waals surface area contributed by atoms with Crippen LogP contribution in [0.25, 0.3) is 0 Å². The molecule has 0 aliphatic carbocycles. The summed E-state index contributed by atoms with van der Waals surface area (Å²) in [5.74, 6) is 0. The molecular formula is C12H18F3N3. The molecule has 0 unspecified atom stereocenters. The lowest BCUT2D eigenvalue weighted by molar-refractivity contribution is -0.135. The molecule has 0 saturated carbocycles.